The van der Waals surface area contributed by atoms with E-state index >= 15 is 0 Å². The molecule has 0 atom stereocenters. The lowest BCUT2D eigenvalue weighted by Crippen LogP contribution is -2.29. The Morgan fingerprint density at radius 2 is 1.92 bits per heavy atom. The standard InChI is InChI=1S/C9H19NO2/c1-9(2,3)6-7-10(4)8(11)12-5/h6-7H2,1-5H3. The first kappa shape index (κ1) is 11.3. The SMILES string of the molecule is COC(=O)N(C)CCC(C)(C)C. The van der Waals surface area contributed by atoms with Crippen molar-refractivity contribution in [1.82, 2.24) is 4.90 Å². The first-order chi connectivity index (χ1) is 5.37. The lowest BCUT2D eigenvalue weighted by Gasteiger charge is -2.22. The van der Waals surface area contributed by atoms with Crippen LogP contribution in [-0.2, 0) is 4.74 Å². The van der Waals surface area contributed by atoms with Crippen LogP contribution < -0.4 is 0 Å². The van der Waals surface area contributed by atoms with Gasteiger partial charge in [0.1, 0.15) is 0 Å². The maximum Gasteiger partial charge on any atom is 0.409 e. The average Bonchev–Trinajstić information content (AvgIpc) is 1.97. The summed E-state index contributed by atoms with van der Waals surface area (Å²) in [5.74, 6) is 0. The van der Waals surface area contributed by atoms with Crippen LogP contribution >= 0.6 is 0 Å². The minimum absolute atomic E-state index is 0.265. The van der Waals surface area contributed by atoms with Crippen LogP contribution in [0.25, 0.3) is 0 Å². The lowest BCUT2D eigenvalue weighted by molar-refractivity contribution is 0.128. The number of carbonyl (C=O) groups is 1. The van der Waals surface area contributed by atoms with Gasteiger partial charge in [-0.05, 0) is 11.8 Å². The Hall–Kier alpha value is -0.730. The van der Waals surface area contributed by atoms with Gasteiger partial charge in [0.15, 0.2) is 0 Å². The molecule has 0 fully saturated rings. The van der Waals surface area contributed by atoms with Crippen molar-refractivity contribution < 1.29 is 9.53 Å². The molecule has 0 saturated carbocycles. The summed E-state index contributed by atoms with van der Waals surface area (Å²) in [6.45, 7) is 7.20. The molecule has 0 aromatic rings. The summed E-state index contributed by atoms with van der Waals surface area (Å²) >= 11 is 0. The predicted octanol–water partition coefficient (Wildman–Crippen LogP) is 2.12. The second kappa shape index (κ2) is 4.33. The minimum atomic E-state index is -0.265. The molecule has 1 amide bonds. The van der Waals surface area contributed by atoms with E-state index in [0.29, 0.717) is 0 Å². The second-order valence-electron chi connectivity index (χ2n) is 4.20. The molecular formula is C9H19NO2. The second-order valence-corrected chi connectivity index (χ2v) is 4.20. The van der Waals surface area contributed by atoms with E-state index in [1.54, 1.807) is 11.9 Å². The van der Waals surface area contributed by atoms with E-state index in [1.807, 2.05) is 0 Å². The molecule has 0 N–H and O–H groups in total. The molecule has 0 aliphatic heterocycles. The van der Waals surface area contributed by atoms with Crippen molar-refractivity contribution in [1.29, 1.82) is 0 Å². The topological polar surface area (TPSA) is 29.5 Å². The zero-order valence-electron chi connectivity index (χ0n) is 8.68. The lowest BCUT2D eigenvalue weighted by atomic mass is 9.92. The largest absolute Gasteiger partial charge is 0.453 e. The minimum Gasteiger partial charge on any atom is -0.453 e. The molecule has 3 heteroatoms. The van der Waals surface area contributed by atoms with Crippen LogP contribution in [0.4, 0.5) is 4.79 Å². The van der Waals surface area contributed by atoms with Gasteiger partial charge in [0.25, 0.3) is 0 Å². The number of methoxy groups -OCH3 is 1. The van der Waals surface area contributed by atoms with Gasteiger partial charge in [-0.2, -0.15) is 0 Å². The highest BCUT2D eigenvalue weighted by Gasteiger charge is 2.14. The molecule has 0 spiro atoms. The van der Waals surface area contributed by atoms with E-state index < -0.39 is 0 Å². The van der Waals surface area contributed by atoms with Crippen LogP contribution in [0.5, 0.6) is 0 Å². The van der Waals surface area contributed by atoms with Crippen molar-refractivity contribution in [3.05, 3.63) is 0 Å². The molecule has 0 aliphatic rings. The highest BCUT2D eigenvalue weighted by atomic mass is 16.5. The van der Waals surface area contributed by atoms with Gasteiger partial charge >= 0.3 is 6.09 Å². The van der Waals surface area contributed by atoms with Crippen molar-refractivity contribution in [3.63, 3.8) is 0 Å². The van der Waals surface area contributed by atoms with E-state index in [-0.39, 0.29) is 11.5 Å². The summed E-state index contributed by atoms with van der Waals surface area (Å²) in [5.41, 5.74) is 0.266. The van der Waals surface area contributed by atoms with Crippen LogP contribution in [0.1, 0.15) is 27.2 Å². The third kappa shape index (κ3) is 4.99. The number of rotatable bonds is 2. The number of hydrogen-bond donors (Lipinski definition) is 0. The van der Waals surface area contributed by atoms with Crippen molar-refractivity contribution in [3.8, 4) is 0 Å². The molecule has 0 saturated heterocycles. The van der Waals surface area contributed by atoms with Gasteiger partial charge in [-0.1, -0.05) is 20.8 Å². The highest BCUT2D eigenvalue weighted by Crippen LogP contribution is 2.18. The molecule has 72 valence electrons. The number of nitrogens with zero attached hydrogens (tertiary/aromatic N) is 1. The molecule has 0 aliphatic carbocycles. The van der Waals surface area contributed by atoms with Crippen molar-refractivity contribution >= 4 is 6.09 Å². The van der Waals surface area contributed by atoms with E-state index in [9.17, 15) is 4.79 Å². The van der Waals surface area contributed by atoms with Crippen LogP contribution in [-0.4, -0.2) is 31.7 Å². The monoisotopic (exact) mass is 173 g/mol. The van der Waals surface area contributed by atoms with E-state index in [2.05, 4.69) is 25.5 Å². The van der Waals surface area contributed by atoms with Gasteiger partial charge < -0.3 is 9.64 Å². The summed E-state index contributed by atoms with van der Waals surface area (Å²) < 4.78 is 4.56. The first-order valence-electron chi connectivity index (χ1n) is 4.16. The summed E-state index contributed by atoms with van der Waals surface area (Å²) in [7, 11) is 3.15. The molecule has 0 bridgehead atoms. The Kier molecular flexibility index (Phi) is 4.07. The van der Waals surface area contributed by atoms with Crippen LogP contribution in [0.15, 0.2) is 0 Å². The number of amides is 1. The maximum absolute atomic E-state index is 10.9. The number of carbonyl (C=O) groups excluding carboxylic acids is 1. The molecule has 0 heterocycles. The van der Waals surface area contributed by atoms with E-state index in [4.69, 9.17) is 0 Å². The van der Waals surface area contributed by atoms with Gasteiger partial charge in [-0.3, -0.25) is 0 Å². The molecule has 0 aromatic heterocycles. The fourth-order valence-electron chi connectivity index (χ4n) is 0.750. The number of ether oxygens (including phenoxy) is 1. The van der Waals surface area contributed by atoms with Crippen LogP contribution in [0.2, 0.25) is 0 Å². The molecule has 0 unspecified atom stereocenters. The third-order valence-electron chi connectivity index (χ3n) is 1.68. The van der Waals surface area contributed by atoms with Gasteiger partial charge in [-0.15, -0.1) is 0 Å². The zero-order chi connectivity index (χ0) is 9.78. The Labute approximate surface area is 74.7 Å². The van der Waals surface area contributed by atoms with Crippen molar-refractivity contribution in [2.45, 2.75) is 27.2 Å². The molecule has 12 heavy (non-hydrogen) atoms. The molecule has 3 nitrogen and oxygen atoms in total. The van der Waals surface area contributed by atoms with Crippen molar-refractivity contribution in [2.24, 2.45) is 5.41 Å². The van der Waals surface area contributed by atoms with Gasteiger partial charge in [0.05, 0.1) is 7.11 Å². The zero-order valence-corrected chi connectivity index (χ0v) is 8.68. The maximum atomic E-state index is 10.9. The Morgan fingerprint density at radius 3 is 2.25 bits per heavy atom. The summed E-state index contributed by atoms with van der Waals surface area (Å²) in [6, 6.07) is 0. The molecular weight excluding hydrogens is 154 g/mol. The van der Waals surface area contributed by atoms with Crippen LogP contribution in [0.3, 0.4) is 0 Å². The highest BCUT2D eigenvalue weighted by molar-refractivity contribution is 5.66. The Balaban J connectivity index is 3.72. The Bertz CT molecular complexity index is 149. The average molecular weight is 173 g/mol. The predicted molar refractivity (Wildman–Crippen MR) is 49.1 cm³/mol. The van der Waals surface area contributed by atoms with Gasteiger partial charge in [0.2, 0.25) is 0 Å². The Morgan fingerprint density at radius 1 is 1.42 bits per heavy atom. The van der Waals surface area contributed by atoms with Crippen molar-refractivity contribution in [2.75, 3.05) is 20.7 Å². The first-order valence-corrected chi connectivity index (χ1v) is 4.16. The van der Waals surface area contributed by atoms with E-state index in [0.717, 1.165) is 13.0 Å². The van der Waals surface area contributed by atoms with Gasteiger partial charge in [-0.25, -0.2) is 4.79 Å². The smallest absolute Gasteiger partial charge is 0.409 e. The summed E-state index contributed by atoms with van der Waals surface area (Å²) in [6.07, 6.45) is 0.720. The molecule has 0 radical (unpaired) electrons. The number of hydrogen-bond acceptors (Lipinski definition) is 2. The van der Waals surface area contributed by atoms with Gasteiger partial charge in [0, 0.05) is 13.6 Å². The summed E-state index contributed by atoms with van der Waals surface area (Å²) in [4.78, 5) is 12.5. The fraction of sp³-hybridized carbons (Fsp3) is 0.889. The fourth-order valence-corrected chi connectivity index (χ4v) is 0.750. The molecule has 0 rings (SSSR count). The van der Waals surface area contributed by atoms with E-state index in [1.165, 1.54) is 7.11 Å². The summed E-state index contributed by atoms with van der Waals surface area (Å²) in [5, 5.41) is 0. The van der Waals surface area contributed by atoms with Crippen LogP contribution in [0, 0.1) is 5.41 Å². The quantitative estimate of drug-likeness (QED) is 0.640. The molecule has 0 aromatic carbocycles. The third-order valence-corrected chi connectivity index (χ3v) is 1.68. The normalized spacial score (nSPS) is 11.1.